The van der Waals surface area contributed by atoms with Crippen LogP contribution in [0.2, 0.25) is 5.28 Å². The highest BCUT2D eigenvalue weighted by atomic mass is 35.5. The van der Waals surface area contributed by atoms with Crippen LogP contribution in [0.4, 0.5) is 0 Å². The number of aliphatic imine (C=N–C) groups is 1. The Bertz CT molecular complexity index is 6360. The van der Waals surface area contributed by atoms with Crippen molar-refractivity contribution in [2.24, 2.45) is 4.99 Å². The highest BCUT2D eigenvalue weighted by Gasteiger charge is 2.23. The maximum absolute atomic E-state index is 7.02. The average Bonchev–Trinajstić information content (AvgIpc) is 1.50. The summed E-state index contributed by atoms with van der Waals surface area (Å²) in [6, 6.07) is 99.1. The molecule has 18 aromatic rings. The van der Waals surface area contributed by atoms with Crippen LogP contribution in [0, 0.1) is 0 Å². The smallest absolute Gasteiger partial charge is 0.226 e. The number of hydrogen-bond acceptors (Lipinski definition) is 6. The number of furan rings is 2. The predicted molar refractivity (Wildman–Crippen MR) is 397 cm³/mol. The quantitative estimate of drug-likeness (QED) is 0.142. The lowest BCUT2D eigenvalue weighted by Gasteiger charge is -2.15. The van der Waals surface area contributed by atoms with Crippen molar-refractivity contribution in [3.05, 3.63) is 313 Å². The Morgan fingerprint density at radius 1 is 0.284 bits per heavy atom. The fourth-order valence-electron chi connectivity index (χ4n) is 14.7. The number of fused-ring (bicyclic) bond motifs is 18. The number of para-hydroxylation sites is 2. The van der Waals surface area contributed by atoms with Crippen LogP contribution >= 0.6 is 23.2 Å². The van der Waals surface area contributed by atoms with Crippen LogP contribution in [-0.2, 0) is 0 Å². The van der Waals surface area contributed by atoms with E-state index < -0.39 is 0 Å². The van der Waals surface area contributed by atoms with Gasteiger partial charge < -0.3 is 8.83 Å². The zero-order valence-electron chi connectivity index (χ0n) is 50.8. The Balaban J connectivity index is 0.719. The van der Waals surface area contributed by atoms with Gasteiger partial charge in [0, 0.05) is 55.3 Å². The molecule has 0 fully saturated rings. The summed E-state index contributed by atoms with van der Waals surface area (Å²) in [6.07, 6.45) is 4.64. The summed E-state index contributed by atoms with van der Waals surface area (Å²) in [4.78, 5) is 20.3. The predicted octanol–water partition coefficient (Wildman–Crippen LogP) is 24.6. The molecule has 0 amide bonds. The van der Waals surface area contributed by atoms with E-state index >= 15 is 0 Å². The lowest BCUT2D eigenvalue weighted by molar-refractivity contribution is 0.669. The maximum atomic E-state index is 7.02. The van der Waals surface area contributed by atoms with Crippen molar-refractivity contribution in [1.29, 1.82) is 0 Å². The molecule has 1 aliphatic heterocycles. The molecule has 15 aromatic carbocycles. The zero-order chi connectivity index (χ0) is 62.8. The number of aromatic nitrogens is 3. The summed E-state index contributed by atoms with van der Waals surface area (Å²) >= 11 is 14.0. The lowest BCUT2D eigenvalue weighted by atomic mass is 9.89. The molecule has 95 heavy (non-hydrogen) atoms. The molecule has 3 aromatic heterocycles. The SMILES string of the molecule is ClC1=CCC(c2ccc(-c3cccc4oc5ccccc5c34)cc2)=NC(c2ccc3c4ccccc4c4cc(-c5cc(-c6ccccc6)cc(-c6ccc(-c7nc(Cl)nc(-c8ccc9c%10ccccc%10c%10ccccc%10c9c8)n7)c7c6oc6ccccc67)c5)ccc4c3c2)=C1. The Kier molecular flexibility index (Phi) is 12.7. The van der Waals surface area contributed by atoms with Gasteiger partial charge in [-0.3, -0.25) is 4.99 Å². The van der Waals surface area contributed by atoms with E-state index in [1.54, 1.807) is 0 Å². The van der Waals surface area contributed by atoms with Gasteiger partial charge in [0.25, 0.3) is 0 Å². The number of benzene rings is 15. The second-order valence-corrected chi connectivity index (χ2v) is 25.3. The standard InChI is InChI=1S/C87H50Cl2N4O2/c88-59-36-42-77(52-31-29-51(30-32-52)60-25-14-28-81-82(60)71-23-10-12-26-79(71)94-81)90-78(49-59)54-34-38-68-65-20-7-9-22-67(65)74-46-53(33-37-70(74)75(68)47-54)57-43-56(50-15-2-1-3-16-50)44-58(45-57)61-40-41-73(83-72-24-11-13-27-80(72)95-84(61)83)86-91-85(92-87(89)93-86)55-35-39-69-64-19-5-4-17-62(64)63-18-6-8-21-66(63)76(69)48-55/h1-41,43-49H,42H2. The van der Waals surface area contributed by atoms with Gasteiger partial charge in [-0.05, 0) is 194 Å². The van der Waals surface area contributed by atoms with Gasteiger partial charge in [0.2, 0.25) is 5.28 Å². The van der Waals surface area contributed by atoms with Gasteiger partial charge in [0.1, 0.15) is 22.3 Å². The summed E-state index contributed by atoms with van der Waals surface area (Å²) in [5.74, 6) is 0.936. The minimum atomic E-state index is 0.103. The molecule has 444 valence electrons. The van der Waals surface area contributed by atoms with Crippen molar-refractivity contribution in [1.82, 2.24) is 15.0 Å². The third-order valence-electron chi connectivity index (χ3n) is 19.1. The van der Waals surface area contributed by atoms with Crippen molar-refractivity contribution in [3.8, 4) is 67.3 Å². The zero-order valence-corrected chi connectivity index (χ0v) is 52.3. The van der Waals surface area contributed by atoms with Gasteiger partial charge >= 0.3 is 0 Å². The van der Waals surface area contributed by atoms with Crippen LogP contribution in [0.1, 0.15) is 17.5 Å². The molecular weight excluding hydrogens is 1200 g/mol. The normalized spacial score (nSPS) is 12.9. The van der Waals surface area contributed by atoms with E-state index in [0.717, 1.165) is 154 Å². The first kappa shape index (κ1) is 54.9. The molecule has 0 radical (unpaired) electrons. The van der Waals surface area contributed by atoms with Gasteiger partial charge in [0.15, 0.2) is 11.6 Å². The largest absolute Gasteiger partial charge is 0.456 e. The topological polar surface area (TPSA) is 77.3 Å². The van der Waals surface area contributed by atoms with Gasteiger partial charge in [-0.15, -0.1) is 0 Å². The van der Waals surface area contributed by atoms with Crippen molar-refractivity contribution in [3.63, 3.8) is 0 Å². The first-order valence-corrected chi connectivity index (χ1v) is 32.6. The van der Waals surface area contributed by atoms with Crippen molar-refractivity contribution >= 4 is 143 Å². The van der Waals surface area contributed by atoms with Gasteiger partial charge in [-0.25, -0.2) is 4.98 Å². The first-order valence-electron chi connectivity index (χ1n) is 31.8. The van der Waals surface area contributed by atoms with Crippen LogP contribution in [-0.4, -0.2) is 20.7 Å². The molecule has 0 unspecified atom stereocenters. The Morgan fingerprint density at radius 2 is 0.758 bits per heavy atom. The van der Waals surface area contributed by atoms with Crippen LogP contribution in [0.3, 0.4) is 0 Å². The molecule has 4 heterocycles. The fourth-order valence-corrected chi connectivity index (χ4v) is 15.1. The number of rotatable bonds is 8. The summed E-state index contributed by atoms with van der Waals surface area (Å²) in [5.41, 5.74) is 17.1. The highest BCUT2D eigenvalue weighted by molar-refractivity contribution is 6.33. The van der Waals surface area contributed by atoms with Crippen LogP contribution < -0.4 is 0 Å². The molecule has 0 spiro atoms. The van der Waals surface area contributed by atoms with E-state index in [1.807, 2.05) is 42.5 Å². The Hall–Kier alpha value is -11.8. The molecule has 1 aliphatic rings. The van der Waals surface area contributed by atoms with Crippen LogP contribution in [0.25, 0.3) is 181 Å². The summed E-state index contributed by atoms with van der Waals surface area (Å²) < 4.78 is 13.3. The average molecular weight is 1250 g/mol. The monoisotopic (exact) mass is 1250 g/mol. The van der Waals surface area contributed by atoms with E-state index in [1.165, 1.54) is 32.3 Å². The van der Waals surface area contributed by atoms with Gasteiger partial charge in [-0.1, -0.05) is 230 Å². The minimum absolute atomic E-state index is 0.103. The van der Waals surface area contributed by atoms with Crippen molar-refractivity contribution < 1.29 is 8.83 Å². The lowest BCUT2D eigenvalue weighted by Crippen LogP contribution is -2.00. The molecule has 0 atom stereocenters. The first-order chi connectivity index (χ1) is 46.9. The number of halogens is 2. The van der Waals surface area contributed by atoms with E-state index in [4.69, 9.17) is 52.0 Å². The van der Waals surface area contributed by atoms with Crippen LogP contribution in [0.15, 0.2) is 310 Å². The molecular formula is C87H50Cl2N4O2. The van der Waals surface area contributed by atoms with E-state index in [2.05, 4.69) is 249 Å². The van der Waals surface area contributed by atoms with E-state index in [-0.39, 0.29) is 5.28 Å². The summed E-state index contributed by atoms with van der Waals surface area (Å²) in [5, 5.41) is 18.8. The van der Waals surface area contributed by atoms with Crippen molar-refractivity contribution in [2.75, 3.05) is 0 Å². The van der Waals surface area contributed by atoms with Gasteiger partial charge in [-0.2, -0.15) is 9.97 Å². The minimum Gasteiger partial charge on any atom is -0.456 e. The van der Waals surface area contributed by atoms with Crippen LogP contribution in [0.5, 0.6) is 0 Å². The summed E-state index contributed by atoms with van der Waals surface area (Å²) in [7, 11) is 0. The number of allylic oxidation sites excluding steroid dienone is 3. The molecule has 0 aliphatic carbocycles. The van der Waals surface area contributed by atoms with E-state index in [0.29, 0.717) is 23.1 Å². The molecule has 6 nitrogen and oxygen atoms in total. The number of hydrogen-bond donors (Lipinski definition) is 0. The number of nitrogens with zero attached hydrogens (tertiary/aromatic N) is 4. The fraction of sp³-hybridized carbons (Fsp3) is 0.0115. The summed E-state index contributed by atoms with van der Waals surface area (Å²) in [6.45, 7) is 0. The second-order valence-electron chi connectivity index (χ2n) is 24.5. The van der Waals surface area contributed by atoms with Crippen molar-refractivity contribution in [2.45, 2.75) is 6.42 Å². The third kappa shape index (κ3) is 9.16. The molecule has 0 bridgehead atoms. The van der Waals surface area contributed by atoms with Gasteiger partial charge in [0.05, 0.1) is 11.4 Å². The molecule has 0 saturated carbocycles. The Labute approximate surface area is 554 Å². The Morgan fingerprint density at radius 3 is 1.43 bits per heavy atom. The van der Waals surface area contributed by atoms with E-state index in [9.17, 15) is 0 Å². The highest BCUT2D eigenvalue weighted by Crippen LogP contribution is 2.46. The maximum Gasteiger partial charge on any atom is 0.226 e. The molecule has 0 saturated heterocycles. The molecule has 0 N–H and O–H groups in total. The molecule has 8 heteroatoms. The molecule has 19 rings (SSSR count). The third-order valence-corrected chi connectivity index (χ3v) is 19.6. The second kappa shape index (κ2) is 21.9.